The van der Waals surface area contributed by atoms with Crippen molar-refractivity contribution >= 4 is 17.7 Å². The van der Waals surface area contributed by atoms with E-state index < -0.39 is 0 Å². The Hall–Kier alpha value is -3.07. The molecule has 154 valence electrons. The Bertz CT molecular complexity index is 822. The molecule has 6 heteroatoms. The lowest BCUT2D eigenvalue weighted by Crippen LogP contribution is -2.25. The first-order chi connectivity index (χ1) is 14.2. The molecule has 0 radical (unpaired) electrons. The number of anilines is 2. The average Bonchev–Trinajstić information content (AvgIpc) is 2.71. The third-order valence-electron chi connectivity index (χ3n) is 4.26. The Morgan fingerprint density at radius 3 is 2.69 bits per heavy atom. The minimum absolute atomic E-state index is 0.470. The predicted octanol–water partition coefficient (Wildman–Crippen LogP) is 5.15. The van der Waals surface area contributed by atoms with Crippen molar-refractivity contribution in [2.24, 2.45) is 5.10 Å². The lowest BCUT2D eigenvalue weighted by Gasteiger charge is -2.24. The first kappa shape index (κ1) is 22.2. The second-order valence-electron chi connectivity index (χ2n) is 6.93. The van der Waals surface area contributed by atoms with Gasteiger partial charge < -0.3 is 9.64 Å². The number of hydrogen-bond acceptors (Lipinski definition) is 6. The molecule has 0 amide bonds. The highest BCUT2D eigenvalue weighted by Gasteiger charge is 2.10. The van der Waals surface area contributed by atoms with E-state index in [4.69, 9.17) is 10.00 Å². The Balaban J connectivity index is 2.19. The number of rotatable bonds is 12. The fourth-order valence-electron chi connectivity index (χ4n) is 2.97. The molecule has 1 aromatic heterocycles. The summed E-state index contributed by atoms with van der Waals surface area (Å²) >= 11 is 0. The van der Waals surface area contributed by atoms with E-state index in [1.54, 1.807) is 6.21 Å². The van der Waals surface area contributed by atoms with E-state index >= 15 is 0 Å². The van der Waals surface area contributed by atoms with Gasteiger partial charge in [-0.05, 0) is 31.7 Å². The molecular formula is C23H31N5O. The van der Waals surface area contributed by atoms with Crippen molar-refractivity contribution < 1.29 is 4.74 Å². The number of aryl methyl sites for hydroxylation is 1. The van der Waals surface area contributed by atoms with Crippen molar-refractivity contribution in [3.8, 4) is 11.9 Å². The molecule has 0 saturated carbocycles. The third-order valence-corrected chi connectivity index (χ3v) is 4.26. The van der Waals surface area contributed by atoms with Crippen LogP contribution in [0.15, 0.2) is 41.5 Å². The highest BCUT2D eigenvalue weighted by Crippen LogP contribution is 2.25. The first-order valence-corrected chi connectivity index (χ1v) is 10.3. The Morgan fingerprint density at radius 1 is 1.21 bits per heavy atom. The summed E-state index contributed by atoms with van der Waals surface area (Å²) in [6.07, 6.45) is 5.07. The zero-order chi connectivity index (χ0) is 20.9. The Labute approximate surface area is 174 Å². The molecule has 2 aromatic rings. The maximum Gasteiger partial charge on any atom is 0.217 e. The number of nitrogens with zero attached hydrogens (tertiary/aromatic N) is 4. The topological polar surface area (TPSA) is 73.5 Å². The van der Waals surface area contributed by atoms with Crippen LogP contribution < -0.4 is 15.1 Å². The highest BCUT2D eigenvalue weighted by molar-refractivity contribution is 5.80. The Kier molecular flexibility index (Phi) is 9.50. The summed E-state index contributed by atoms with van der Waals surface area (Å²) < 4.78 is 5.80. The van der Waals surface area contributed by atoms with Gasteiger partial charge in [-0.3, -0.25) is 5.43 Å². The van der Waals surface area contributed by atoms with E-state index in [0.29, 0.717) is 31.1 Å². The van der Waals surface area contributed by atoms with Gasteiger partial charge in [-0.25, -0.2) is 0 Å². The molecular weight excluding hydrogens is 362 g/mol. The fourth-order valence-corrected chi connectivity index (χ4v) is 2.97. The molecule has 0 aliphatic rings. The molecule has 0 fully saturated rings. The van der Waals surface area contributed by atoms with E-state index in [9.17, 15) is 0 Å². The summed E-state index contributed by atoms with van der Waals surface area (Å²) in [5.41, 5.74) is 6.32. The molecule has 0 saturated heterocycles. The molecule has 0 bridgehead atoms. The van der Waals surface area contributed by atoms with Crippen molar-refractivity contribution in [3.63, 3.8) is 0 Å². The quantitative estimate of drug-likeness (QED) is 0.307. The van der Waals surface area contributed by atoms with Gasteiger partial charge in [-0.2, -0.15) is 15.3 Å². The number of ether oxygens (including phenoxy) is 1. The van der Waals surface area contributed by atoms with Crippen molar-refractivity contribution in [1.82, 2.24) is 4.98 Å². The number of unbranched alkanes of at least 4 members (excludes halogenated alkanes) is 1. The van der Waals surface area contributed by atoms with Gasteiger partial charge in [-0.15, -0.1) is 0 Å². The molecule has 1 aromatic carbocycles. The molecule has 2 rings (SSSR count). The number of benzene rings is 1. The highest BCUT2D eigenvalue weighted by atomic mass is 16.5. The molecule has 0 unspecified atom stereocenters. The largest absolute Gasteiger partial charge is 0.478 e. The summed E-state index contributed by atoms with van der Waals surface area (Å²) in [7, 11) is 0. The van der Waals surface area contributed by atoms with Crippen molar-refractivity contribution in [2.75, 3.05) is 30.0 Å². The summed E-state index contributed by atoms with van der Waals surface area (Å²) in [4.78, 5) is 6.86. The number of nitriles is 1. The smallest absolute Gasteiger partial charge is 0.217 e. The number of aromatic nitrogens is 1. The maximum atomic E-state index is 8.70. The van der Waals surface area contributed by atoms with Crippen LogP contribution in [0.25, 0.3) is 0 Å². The number of pyridine rings is 1. The zero-order valence-corrected chi connectivity index (χ0v) is 17.7. The zero-order valence-electron chi connectivity index (χ0n) is 17.7. The minimum atomic E-state index is 0.470. The van der Waals surface area contributed by atoms with Crippen molar-refractivity contribution in [3.05, 3.63) is 47.5 Å². The molecule has 0 atom stereocenters. The first-order valence-electron chi connectivity index (χ1n) is 10.3. The molecule has 6 nitrogen and oxygen atoms in total. The van der Waals surface area contributed by atoms with E-state index in [2.05, 4.69) is 59.4 Å². The molecule has 0 spiro atoms. The average molecular weight is 394 g/mol. The van der Waals surface area contributed by atoms with Gasteiger partial charge in [0.2, 0.25) is 5.88 Å². The SMILES string of the molecule is CCCN(CCC)c1cc(N/N=C/c2cccc(C)c2)nc(OCCCC#N)c1. The number of hydrazone groups is 1. The summed E-state index contributed by atoms with van der Waals surface area (Å²) in [5, 5.41) is 13.0. The van der Waals surface area contributed by atoms with Gasteiger partial charge in [0.15, 0.2) is 5.82 Å². The van der Waals surface area contributed by atoms with Crippen molar-refractivity contribution in [2.45, 2.75) is 46.5 Å². The molecule has 1 N–H and O–H groups in total. The second-order valence-corrected chi connectivity index (χ2v) is 6.93. The van der Waals surface area contributed by atoms with Gasteiger partial charge >= 0.3 is 0 Å². The number of nitrogens with one attached hydrogen (secondary N) is 1. The molecule has 29 heavy (non-hydrogen) atoms. The molecule has 0 aliphatic heterocycles. The van der Waals surface area contributed by atoms with Gasteiger partial charge in [-0.1, -0.05) is 43.7 Å². The van der Waals surface area contributed by atoms with Gasteiger partial charge in [0, 0.05) is 37.3 Å². The van der Waals surface area contributed by atoms with E-state index in [0.717, 1.165) is 37.2 Å². The van der Waals surface area contributed by atoms with E-state index in [-0.39, 0.29) is 0 Å². The van der Waals surface area contributed by atoms with Gasteiger partial charge in [0.1, 0.15) is 0 Å². The summed E-state index contributed by atoms with van der Waals surface area (Å²) in [6.45, 7) is 8.82. The lowest BCUT2D eigenvalue weighted by atomic mass is 10.2. The van der Waals surface area contributed by atoms with Crippen LogP contribution in [0, 0.1) is 18.3 Å². The second kappa shape index (κ2) is 12.4. The van der Waals surface area contributed by atoms with Gasteiger partial charge in [0.25, 0.3) is 0 Å². The number of hydrogen-bond donors (Lipinski definition) is 1. The van der Waals surface area contributed by atoms with Crippen LogP contribution in [-0.4, -0.2) is 30.9 Å². The van der Waals surface area contributed by atoms with Crippen LogP contribution >= 0.6 is 0 Å². The normalized spacial score (nSPS) is 10.7. The van der Waals surface area contributed by atoms with Gasteiger partial charge in [0.05, 0.1) is 18.9 Å². The third kappa shape index (κ3) is 7.82. The minimum Gasteiger partial charge on any atom is -0.478 e. The van der Waals surface area contributed by atoms with Crippen LogP contribution in [-0.2, 0) is 0 Å². The van der Waals surface area contributed by atoms with Crippen LogP contribution in [0.1, 0.15) is 50.7 Å². The predicted molar refractivity (Wildman–Crippen MR) is 120 cm³/mol. The standard InChI is InChI=1S/C23H31N5O/c1-4-12-28(13-5-2)21-16-22(26-23(17-21)29-14-7-6-11-24)27-25-18-20-10-8-9-19(3)15-20/h8-10,15-18H,4-7,12-14H2,1-3H3,(H,26,27)/b25-18+. The van der Waals surface area contributed by atoms with Crippen LogP contribution in [0.2, 0.25) is 0 Å². The van der Waals surface area contributed by atoms with Crippen LogP contribution in [0.3, 0.4) is 0 Å². The summed E-state index contributed by atoms with van der Waals surface area (Å²) in [5.74, 6) is 1.18. The van der Waals surface area contributed by atoms with E-state index in [1.807, 2.05) is 24.3 Å². The Morgan fingerprint density at radius 2 is 2.00 bits per heavy atom. The van der Waals surface area contributed by atoms with Crippen molar-refractivity contribution in [1.29, 1.82) is 5.26 Å². The summed E-state index contributed by atoms with van der Waals surface area (Å²) in [6, 6.07) is 14.3. The molecule has 0 aliphatic carbocycles. The molecule has 1 heterocycles. The van der Waals surface area contributed by atoms with E-state index in [1.165, 1.54) is 5.56 Å². The fraction of sp³-hybridized carbons (Fsp3) is 0.435. The maximum absolute atomic E-state index is 8.70. The monoisotopic (exact) mass is 393 g/mol. The lowest BCUT2D eigenvalue weighted by molar-refractivity contribution is 0.301. The van der Waals surface area contributed by atoms with Crippen LogP contribution in [0.4, 0.5) is 11.5 Å². The van der Waals surface area contributed by atoms with Crippen LogP contribution in [0.5, 0.6) is 5.88 Å².